The summed E-state index contributed by atoms with van der Waals surface area (Å²) in [6.07, 6.45) is 6.13. The van der Waals surface area contributed by atoms with E-state index in [0.717, 1.165) is 31.0 Å². The maximum atomic E-state index is 14.4. The zero-order valence-corrected chi connectivity index (χ0v) is 16.6. The molecule has 1 saturated heterocycles. The van der Waals surface area contributed by atoms with E-state index in [2.05, 4.69) is 25.3 Å². The first-order chi connectivity index (χ1) is 13.9. The third-order valence-corrected chi connectivity index (χ3v) is 5.44. The summed E-state index contributed by atoms with van der Waals surface area (Å²) in [6, 6.07) is 1.34. The number of nitrogens with one attached hydrogen (secondary N) is 2. The van der Waals surface area contributed by atoms with E-state index in [4.69, 9.17) is 17.3 Å². The second-order valence-corrected chi connectivity index (χ2v) is 7.64. The Kier molecular flexibility index (Phi) is 5.33. The maximum Gasteiger partial charge on any atom is 0.234 e. The van der Waals surface area contributed by atoms with Crippen molar-refractivity contribution in [2.24, 2.45) is 5.73 Å². The van der Waals surface area contributed by atoms with Crippen LogP contribution in [-0.2, 0) is 4.79 Å². The predicted molar refractivity (Wildman–Crippen MR) is 109 cm³/mol. The summed E-state index contributed by atoms with van der Waals surface area (Å²) in [5.74, 6) is -0.419. The third kappa shape index (κ3) is 4.01. The van der Waals surface area contributed by atoms with E-state index < -0.39 is 5.82 Å². The molecule has 4 rings (SSSR count). The Bertz CT molecular complexity index is 1060. The van der Waals surface area contributed by atoms with Crippen LogP contribution < -0.4 is 11.1 Å². The SMILES string of the molecule is CC(C(N)=O)N1CCCC(Nc2nc(-c3c[nH]c4ncc(Cl)cc34)ncc2F)C1. The van der Waals surface area contributed by atoms with E-state index in [9.17, 15) is 9.18 Å². The fraction of sp³-hybridized carbons (Fsp3) is 0.368. The summed E-state index contributed by atoms with van der Waals surface area (Å²) < 4.78 is 14.4. The molecule has 1 fully saturated rings. The molecule has 3 aromatic heterocycles. The lowest BCUT2D eigenvalue weighted by atomic mass is 10.0. The van der Waals surface area contributed by atoms with Crippen LogP contribution in [-0.4, -0.2) is 55.9 Å². The molecule has 2 atom stereocenters. The van der Waals surface area contributed by atoms with Gasteiger partial charge in [0.05, 0.1) is 17.3 Å². The van der Waals surface area contributed by atoms with Gasteiger partial charge < -0.3 is 16.0 Å². The number of carbonyl (C=O) groups is 1. The van der Waals surface area contributed by atoms with Crippen molar-refractivity contribution in [1.29, 1.82) is 0 Å². The summed E-state index contributed by atoms with van der Waals surface area (Å²) in [4.78, 5) is 29.3. The lowest BCUT2D eigenvalue weighted by Gasteiger charge is -2.36. The quantitative estimate of drug-likeness (QED) is 0.588. The van der Waals surface area contributed by atoms with Crippen LogP contribution in [0.15, 0.2) is 24.7 Å². The number of fused-ring (bicyclic) bond motifs is 1. The van der Waals surface area contributed by atoms with E-state index in [1.165, 1.54) is 0 Å². The van der Waals surface area contributed by atoms with Crippen LogP contribution in [0.5, 0.6) is 0 Å². The van der Waals surface area contributed by atoms with Gasteiger partial charge in [-0.2, -0.15) is 0 Å². The lowest BCUT2D eigenvalue weighted by Crippen LogP contribution is -2.50. The van der Waals surface area contributed by atoms with Gasteiger partial charge in [0.1, 0.15) is 5.65 Å². The first-order valence-electron chi connectivity index (χ1n) is 9.38. The highest BCUT2D eigenvalue weighted by atomic mass is 35.5. The number of aromatic nitrogens is 4. The first-order valence-corrected chi connectivity index (χ1v) is 9.75. The Morgan fingerprint density at radius 1 is 1.45 bits per heavy atom. The number of aromatic amines is 1. The van der Waals surface area contributed by atoms with E-state index in [1.54, 1.807) is 25.4 Å². The van der Waals surface area contributed by atoms with Gasteiger partial charge in [0.15, 0.2) is 17.5 Å². The highest BCUT2D eigenvalue weighted by molar-refractivity contribution is 6.31. The van der Waals surface area contributed by atoms with Crippen LogP contribution in [0.1, 0.15) is 19.8 Å². The van der Waals surface area contributed by atoms with Gasteiger partial charge in [-0.05, 0) is 32.4 Å². The van der Waals surface area contributed by atoms with Gasteiger partial charge >= 0.3 is 0 Å². The van der Waals surface area contributed by atoms with Crippen LogP contribution >= 0.6 is 11.6 Å². The molecule has 0 bridgehead atoms. The van der Waals surface area contributed by atoms with E-state index >= 15 is 0 Å². The maximum absolute atomic E-state index is 14.4. The zero-order valence-electron chi connectivity index (χ0n) is 15.8. The topological polar surface area (TPSA) is 113 Å². The lowest BCUT2D eigenvalue weighted by molar-refractivity contribution is -0.123. The standard InChI is InChI=1S/C19H21ClFN7O/c1-10(16(22)29)28-4-2-3-12(9-28)26-19-15(21)8-25-18(27-19)14-7-24-17-13(14)5-11(20)6-23-17/h5-8,10,12H,2-4,9H2,1H3,(H2,22,29)(H,23,24)(H,25,26,27). The van der Waals surface area contributed by atoms with Crippen molar-refractivity contribution >= 4 is 34.4 Å². The number of hydrogen-bond donors (Lipinski definition) is 3. The van der Waals surface area contributed by atoms with Crippen LogP contribution in [0.3, 0.4) is 0 Å². The van der Waals surface area contributed by atoms with Crippen LogP contribution in [0.2, 0.25) is 5.02 Å². The van der Waals surface area contributed by atoms with Gasteiger partial charge in [-0.3, -0.25) is 9.69 Å². The van der Waals surface area contributed by atoms with Gasteiger partial charge in [0, 0.05) is 35.9 Å². The number of amides is 1. The molecule has 0 radical (unpaired) electrons. The molecule has 2 unspecified atom stereocenters. The molecule has 1 aliphatic rings. The minimum absolute atomic E-state index is 0.0538. The molecule has 0 saturated carbocycles. The molecule has 3 aromatic rings. The van der Waals surface area contributed by atoms with Crippen molar-refractivity contribution in [1.82, 2.24) is 24.8 Å². The summed E-state index contributed by atoms with van der Waals surface area (Å²) in [7, 11) is 0. The highest BCUT2D eigenvalue weighted by Gasteiger charge is 2.27. The Morgan fingerprint density at radius 2 is 2.28 bits per heavy atom. The van der Waals surface area contributed by atoms with Crippen molar-refractivity contribution in [3.05, 3.63) is 35.5 Å². The molecule has 1 aliphatic heterocycles. The number of anilines is 1. The Morgan fingerprint density at radius 3 is 3.07 bits per heavy atom. The second-order valence-electron chi connectivity index (χ2n) is 7.20. The average molecular weight is 418 g/mol. The number of halogens is 2. The predicted octanol–water partition coefficient (Wildman–Crippen LogP) is 2.56. The fourth-order valence-electron chi connectivity index (χ4n) is 3.61. The molecule has 29 heavy (non-hydrogen) atoms. The number of likely N-dealkylation sites (tertiary alicyclic amines) is 1. The van der Waals surface area contributed by atoms with Crippen molar-refractivity contribution in [2.45, 2.75) is 31.8 Å². The Labute approximate surface area is 171 Å². The van der Waals surface area contributed by atoms with Crippen molar-refractivity contribution in [2.75, 3.05) is 18.4 Å². The molecule has 4 N–H and O–H groups in total. The number of rotatable bonds is 5. The fourth-order valence-corrected chi connectivity index (χ4v) is 3.77. The average Bonchev–Trinajstić information content (AvgIpc) is 3.12. The van der Waals surface area contributed by atoms with Crippen LogP contribution in [0, 0.1) is 5.82 Å². The summed E-state index contributed by atoms with van der Waals surface area (Å²) in [5, 5.41) is 4.41. The number of H-pyrrole nitrogens is 1. The zero-order chi connectivity index (χ0) is 20.5. The number of pyridine rings is 1. The van der Waals surface area contributed by atoms with E-state index in [-0.39, 0.29) is 23.8 Å². The molecule has 0 spiro atoms. The normalized spacial score (nSPS) is 18.7. The van der Waals surface area contributed by atoms with Gasteiger partial charge in [-0.15, -0.1) is 0 Å². The number of nitrogens with two attached hydrogens (primary N) is 1. The number of hydrogen-bond acceptors (Lipinski definition) is 6. The van der Waals surface area contributed by atoms with Gasteiger partial charge in [-0.1, -0.05) is 11.6 Å². The third-order valence-electron chi connectivity index (χ3n) is 5.24. The van der Waals surface area contributed by atoms with Crippen molar-refractivity contribution in [3.63, 3.8) is 0 Å². The van der Waals surface area contributed by atoms with Gasteiger partial charge in [0.2, 0.25) is 5.91 Å². The molecular weight excluding hydrogens is 397 g/mol. The smallest absolute Gasteiger partial charge is 0.234 e. The Balaban J connectivity index is 1.59. The Hall–Kier alpha value is -2.78. The van der Waals surface area contributed by atoms with E-state index in [0.29, 0.717) is 28.6 Å². The molecule has 0 aromatic carbocycles. The molecule has 0 aliphatic carbocycles. The molecular formula is C19H21ClFN7O. The highest BCUT2D eigenvalue weighted by Crippen LogP contribution is 2.28. The van der Waals surface area contributed by atoms with E-state index in [1.807, 2.05) is 4.90 Å². The van der Waals surface area contributed by atoms with Gasteiger partial charge in [0.25, 0.3) is 0 Å². The number of primary amides is 1. The van der Waals surface area contributed by atoms with Crippen molar-refractivity contribution in [3.8, 4) is 11.4 Å². The molecule has 10 heteroatoms. The van der Waals surface area contributed by atoms with Crippen molar-refractivity contribution < 1.29 is 9.18 Å². The van der Waals surface area contributed by atoms with Gasteiger partial charge in [-0.25, -0.2) is 19.3 Å². The summed E-state index contributed by atoms with van der Waals surface area (Å²) in [6.45, 7) is 3.14. The largest absolute Gasteiger partial charge is 0.368 e. The molecule has 1 amide bonds. The first kappa shape index (κ1) is 19.5. The molecule has 152 valence electrons. The van der Waals surface area contributed by atoms with Crippen LogP contribution in [0.25, 0.3) is 22.4 Å². The summed E-state index contributed by atoms with van der Waals surface area (Å²) >= 11 is 6.05. The minimum Gasteiger partial charge on any atom is -0.368 e. The van der Waals surface area contributed by atoms with Crippen LogP contribution in [0.4, 0.5) is 10.2 Å². The summed E-state index contributed by atoms with van der Waals surface area (Å²) in [5.41, 5.74) is 6.75. The monoisotopic (exact) mass is 417 g/mol. The molecule has 8 nitrogen and oxygen atoms in total. The number of carbonyl (C=O) groups excluding carboxylic acids is 1. The minimum atomic E-state index is -0.537. The second kappa shape index (κ2) is 7.92. The number of piperidine rings is 1. The molecule has 4 heterocycles. The number of nitrogens with zero attached hydrogens (tertiary/aromatic N) is 4.